The Bertz CT molecular complexity index is 594. The van der Waals surface area contributed by atoms with Crippen LogP contribution in [-0.2, 0) is 22.6 Å². The maximum atomic E-state index is 12.8. The summed E-state index contributed by atoms with van der Waals surface area (Å²) in [6, 6.07) is 8.22. The monoisotopic (exact) mass is 315 g/mol. The molecule has 3 rings (SSSR count). The van der Waals surface area contributed by atoms with Crippen LogP contribution in [0, 0.1) is 5.92 Å². The van der Waals surface area contributed by atoms with Crippen molar-refractivity contribution < 1.29 is 9.59 Å². The minimum absolute atomic E-state index is 0.0320. The van der Waals surface area contributed by atoms with E-state index in [1.54, 1.807) is 0 Å². The summed E-state index contributed by atoms with van der Waals surface area (Å²) in [7, 11) is 0. The van der Waals surface area contributed by atoms with Crippen molar-refractivity contribution in [2.24, 2.45) is 11.7 Å². The molecule has 0 saturated carbocycles. The second kappa shape index (κ2) is 6.71. The highest BCUT2D eigenvalue weighted by atomic mass is 16.2. The van der Waals surface area contributed by atoms with E-state index in [0.717, 1.165) is 38.9 Å². The molecule has 1 saturated heterocycles. The van der Waals surface area contributed by atoms with Gasteiger partial charge in [-0.2, -0.15) is 0 Å². The molecule has 0 radical (unpaired) electrons. The van der Waals surface area contributed by atoms with Gasteiger partial charge in [0.05, 0.1) is 6.04 Å². The van der Waals surface area contributed by atoms with Gasteiger partial charge in [0.25, 0.3) is 0 Å². The van der Waals surface area contributed by atoms with Crippen LogP contribution in [0.5, 0.6) is 0 Å². The zero-order valence-electron chi connectivity index (χ0n) is 13.7. The summed E-state index contributed by atoms with van der Waals surface area (Å²) in [6.07, 6.45) is 2.45. The lowest BCUT2D eigenvalue weighted by molar-refractivity contribution is -0.138. The minimum atomic E-state index is -0.212. The summed E-state index contributed by atoms with van der Waals surface area (Å²) in [5.41, 5.74) is 7.99. The number of hydrogen-bond acceptors (Lipinski definition) is 3. The smallest absolute Gasteiger partial charge is 0.239 e. The van der Waals surface area contributed by atoms with E-state index in [0.29, 0.717) is 6.54 Å². The number of fused-ring (bicyclic) bond motifs is 1. The van der Waals surface area contributed by atoms with Crippen molar-refractivity contribution in [2.45, 2.75) is 38.8 Å². The van der Waals surface area contributed by atoms with Gasteiger partial charge in [0.15, 0.2) is 0 Å². The molecule has 1 fully saturated rings. The van der Waals surface area contributed by atoms with E-state index in [1.165, 1.54) is 11.1 Å². The molecule has 5 nitrogen and oxygen atoms in total. The maximum Gasteiger partial charge on any atom is 0.239 e. The first kappa shape index (κ1) is 16.0. The molecule has 0 aromatic heterocycles. The maximum absolute atomic E-state index is 12.8. The molecule has 0 aliphatic carbocycles. The number of nitrogens with zero attached hydrogens (tertiary/aromatic N) is 2. The highest BCUT2D eigenvalue weighted by Crippen LogP contribution is 2.22. The van der Waals surface area contributed by atoms with Gasteiger partial charge in [0.1, 0.15) is 0 Å². The molecular formula is C18H25N3O2. The molecule has 2 amide bonds. The molecule has 2 aliphatic rings. The first-order valence-corrected chi connectivity index (χ1v) is 8.45. The van der Waals surface area contributed by atoms with Crippen molar-refractivity contribution in [3.63, 3.8) is 0 Å². The van der Waals surface area contributed by atoms with Crippen LogP contribution < -0.4 is 5.73 Å². The van der Waals surface area contributed by atoms with Crippen LogP contribution in [-0.4, -0.2) is 47.3 Å². The molecule has 23 heavy (non-hydrogen) atoms. The summed E-state index contributed by atoms with van der Waals surface area (Å²) in [5, 5.41) is 0. The van der Waals surface area contributed by atoms with Gasteiger partial charge in [-0.1, -0.05) is 24.3 Å². The third-order valence-corrected chi connectivity index (χ3v) is 5.28. The lowest BCUT2D eigenvalue weighted by atomic mass is 9.95. The van der Waals surface area contributed by atoms with E-state index in [1.807, 2.05) is 17.9 Å². The quantitative estimate of drug-likeness (QED) is 0.910. The van der Waals surface area contributed by atoms with E-state index in [2.05, 4.69) is 23.1 Å². The molecule has 2 N–H and O–H groups in total. The van der Waals surface area contributed by atoms with Crippen molar-refractivity contribution in [3.05, 3.63) is 35.4 Å². The predicted octanol–water partition coefficient (Wildman–Crippen LogP) is 1.16. The van der Waals surface area contributed by atoms with Crippen LogP contribution in [0.1, 0.15) is 30.9 Å². The molecule has 124 valence electrons. The van der Waals surface area contributed by atoms with E-state index in [-0.39, 0.29) is 23.8 Å². The number of nitrogens with two attached hydrogens (primary N) is 1. The number of piperidine rings is 1. The van der Waals surface area contributed by atoms with Gasteiger partial charge in [-0.25, -0.2) is 0 Å². The highest BCUT2D eigenvalue weighted by molar-refractivity contribution is 5.82. The van der Waals surface area contributed by atoms with Crippen molar-refractivity contribution in [3.8, 4) is 0 Å². The Hall–Kier alpha value is -1.88. The van der Waals surface area contributed by atoms with Crippen LogP contribution in [0.3, 0.4) is 0 Å². The van der Waals surface area contributed by atoms with Gasteiger partial charge in [-0.05, 0) is 50.4 Å². The number of likely N-dealkylation sites (tertiary alicyclic amines) is 1. The normalized spacial score (nSPS) is 20.8. The van der Waals surface area contributed by atoms with Gasteiger partial charge >= 0.3 is 0 Å². The Morgan fingerprint density at radius 1 is 1.13 bits per heavy atom. The second-order valence-electron chi connectivity index (χ2n) is 6.67. The summed E-state index contributed by atoms with van der Waals surface area (Å²) in [5.74, 6) is -0.0521. The number of hydrogen-bond donors (Lipinski definition) is 1. The number of amides is 2. The average molecular weight is 315 g/mol. The molecule has 2 aliphatic heterocycles. The van der Waals surface area contributed by atoms with Crippen LogP contribution in [0.25, 0.3) is 0 Å². The minimum Gasteiger partial charge on any atom is -0.369 e. The molecule has 1 atom stereocenters. The third kappa shape index (κ3) is 3.39. The largest absolute Gasteiger partial charge is 0.369 e. The summed E-state index contributed by atoms with van der Waals surface area (Å²) < 4.78 is 0. The summed E-state index contributed by atoms with van der Waals surface area (Å²) >= 11 is 0. The molecule has 1 aromatic rings. The average Bonchev–Trinajstić information content (AvgIpc) is 2.60. The topological polar surface area (TPSA) is 66.6 Å². The number of primary amides is 1. The van der Waals surface area contributed by atoms with E-state index >= 15 is 0 Å². The SMILES string of the molecule is C[C@H](C(=O)N1CCc2ccccc2C1)N1CCC(C(N)=O)CC1. The van der Waals surface area contributed by atoms with Gasteiger partial charge in [0.2, 0.25) is 11.8 Å². The molecule has 5 heteroatoms. The Labute approximate surface area is 137 Å². The van der Waals surface area contributed by atoms with Gasteiger partial charge < -0.3 is 10.6 Å². The Morgan fingerprint density at radius 2 is 1.78 bits per heavy atom. The van der Waals surface area contributed by atoms with E-state index in [4.69, 9.17) is 5.73 Å². The highest BCUT2D eigenvalue weighted by Gasteiger charge is 2.31. The van der Waals surface area contributed by atoms with Gasteiger partial charge in [-0.15, -0.1) is 0 Å². The molecule has 0 spiro atoms. The molecule has 2 heterocycles. The first-order chi connectivity index (χ1) is 11.1. The fraction of sp³-hybridized carbons (Fsp3) is 0.556. The van der Waals surface area contributed by atoms with Gasteiger partial charge in [0, 0.05) is 19.0 Å². The lowest BCUT2D eigenvalue weighted by Crippen LogP contribution is -2.51. The van der Waals surface area contributed by atoms with Crippen molar-refractivity contribution >= 4 is 11.8 Å². The standard InChI is InChI=1S/C18H25N3O2/c1-13(20-9-7-15(8-10-20)17(19)22)18(23)21-11-6-14-4-2-3-5-16(14)12-21/h2-5,13,15H,6-12H2,1H3,(H2,19,22)/t13-/m1/s1. The summed E-state index contributed by atoms with van der Waals surface area (Å²) in [4.78, 5) is 28.2. The number of carbonyl (C=O) groups excluding carboxylic acids is 2. The van der Waals surface area contributed by atoms with Crippen LogP contribution in [0.4, 0.5) is 0 Å². The number of carbonyl (C=O) groups is 2. The fourth-order valence-electron chi connectivity index (χ4n) is 3.68. The van der Waals surface area contributed by atoms with Crippen LogP contribution in [0.2, 0.25) is 0 Å². The Kier molecular flexibility index (Phi) is 4.66. The molecule has 1 aromatic carbocycles. The van der Waals surface area contributed by atoms with E-state index < -0.39 is 0 Å². The van der Waals surface area contributed by atoms with E-state index in [9.17, 15) is 9.59 Å². The molecule has 0 unspecified atom stereocenters. The summed E-state index contributed by atoms with van der Waals surface area (Å²) in [6.45, 7) is 5.01. The molecule has 0 bridgehead atoms. The lowest BCUT2D eigenvalue weighted by Gasteiger charge is -2.38. The van der Waals surface area contributed by atoms with Crippen molar-refractivity contribution in [1.82, 2.24) is 9.80 Å². The Balaban J connectivity index is 1.59. The predicted molar refractivity (Wildman–Crippen MR) is 88.5 cm³/mol. The van der Waals surface area contributed by atoms with Crippen LogP contribution >= 0.6 is 0 Å². The zero-order valence-corrected chi connectivity index (χ0v) is 13.7. The van der Waals surface area contributed by atoms with Crippen molar-refractivity contribution in [1.29, 1.82) is 0 Å². The first-order valence-electron chi connectivity index (χ1n) is 8.45. The number of benzene rings is 1. The Morgan fingerprint density at radius 3 is 2.43 bits per heavy atom. The molecular weight excluding hydrogens is 290 g/mol. The third-order valence-electron chi connectivity index (χ3n) is 5.28. The second-order valence-corrected chi connectivity index (χ2v) is 6.67. The zero-order chi connectivity index (χ0) is 16.4. The van der Waals surface area contributed by atoms with Crippen molar-refractivity contribution in [2.75, 3.05) is 19.6 Å². The van der Waals surface area contributed by atoms with Crippen LogP contribution in [0.15, 0.2) is 24.3 Å². The number of rotatable bonds is 3. The fourth-order valence-corrected chi connectivity index (χ4v) is 3.68. The van der Waals surface area contributed by atoms with Gasteiger partial charge in [-0.3, -0.25) is 14.5 Å².